The van der Waals surface area contributed by atoms with Gasteiger partial charge in [-0.05, 0) is 30.6 Å². The van der Waals surface area contributed by atoms with Crippen molar-refractivity contribution >= 4 is 0 Å². The first-order chi connectivity index (χ1) is 9.89. The molecule has 0 aromatic rings. The van der Waals surface area contributed by atoms with Crippen molar-refractivity contribution in [2.75, 3.05) is 0 Å². The SMILES string of the molecule is C=C[C@H](OC1C2CC3C1O[C@H](O)C3(C#N)C2)C(C)(C)CC. The topological polar surface area (TPSA) is 62.5 Å². The summed E-state index contributed by atoms with van der Waals surface area (Å²) in [5.74, 6) is 0.426. The van der Waals surface area contributed by atoms with Crippen LogP contribution in [-0.4, -0.2) is 29.7 Å². The Bertz CT molecular complexity index is 483. The Morgan fingerprint density at radius 3 is 2.90 bits per heavy atom. The van der Waals surface area contributed by atoms with Gasteiger partial charge < -0.3 is 14.6 Å². The van der Waals surface area contributed by atoms with Crippen LogP contribution in [0.4, 0.5) is 0 Å². The van der Waals surface area contributed by atoms with Gasteiger partial charge in [0.2, 0.25) is 0 Å². The molecule has 0 aromatic carbocycles. The average molecular weight is 291 g/mol. The van der Waals surface area contributed by atoms with E-state index >= 15 is 0 Å². The largest absolute Gasteiger partial charge is 0.367 e. The van der Waals surface area contributed by atoms with E-state index in [2.05, 4.69) is 33.4 Å². The van der Waals surface area contributed by atoms with E-state index in [9.17, 15) is 10.4 Å². The van der Waals surface area contributed by atoms with Gasteiger partial charge in [-0.2, -0.15) is 5.26 Å². The molecule has 2 saturated carbocycles. The molecular formula is C17H25NO3. The van der Waals surface area contributed by atoms with E-state index in [1.807, 2.05) is 6.08 Å². The summed E-state index contributed by atoms with van der Waals surface area (Å²) in [4.78, 5) is 0. The lowest BCUT2D eigenvalue weighted by atomic mass is 9.74. The van der Waals surface area contributed by atoms with Crippen LogP contribution in [0.25, 0.3) is 0 Å². The van der Waals surface area contributed by atoms with Gasteiger partial charge in [0.05, 0.1) is 24.4 Å². The molecule has 7 atom stereocenters. The monoisotopic (exact) mass is 291 g/mol. The molecule has 2 bridgehead atoms. The van der Waals surface area contributed by atoms with Crippen molar-refractivity contribution < 1.29 is 14.6 Å². The predicted molar refractivity (Wildman–Crippen MR) is 78.1 cm³/mol. The summed E-state index contributed by atoms with van der Waals surface area (Å²) >= 11 is 0. The van der Waals surface area contributed by atoms with Gasteiger partial charge in [0.25, 0.3) is 0 Å². The number of hydrogen-bond acceptors (Lipinski definition) is 4. The summed E-state index contributed by atoms with van der Waals surface area (Å²) in [5.41, 5.74) is -0.674. The van der Waals surface area contributed by atoms with E-state index in [0.29, 0.717) is 12.3 Å². The van der Waals surface area contributed by atoms with Crippen LogP contribution in [0, 0.1) is 34.0 Å². The van der Waals surface area contributed by atoms with E-state index in [0.717, 1.165) is 12.8 Å². The van der Waals surface area contributed by atoms with Gasteiger partial charge in [-0.15, -0.1) is 6.58 Å². The van der Waals surface area contributed by atoms with Crippen LogP contribution < -0.4 is 0 Å². The van der Waals surface area contributed by atoms with E-state index in [-0.39, 0.29) is 29.6 Å². The van der Waals surface area contributed by atoms with Crippen LogP contribution >= 0.6 is 0 Å². The second-order valence-electron chi connectivity index (χ2n) is 7.51. The Hall–Kier alpha value is -0.890. The molecule has 2 aliphatic carbocycles. The Balaban J connectivity index is 1.79. The number of aliphatic hydroxyl groups excluding tert-OH is 1. The van der Waals surface area contributed by atoms with Gasteiger partial charge in [-0.1, -0.05) is 26.8 Å². The average Bonchev–Trinajstić information content (AvgIpc) is 3.05. The lowest BCUT2D eigenvalue weighted by Gasteiger charge is -2.37. The van der Waals surface area contributed by atoms with Gasteiger partial charge in [0.1, 0.15) is 5.41 Å². The van der Waals surface area contributed by atoms with Crippen LogP contribution in [0.1, 0.15) is 40.0 Å². The third-order valence-electron chi connectivity index (χ3n) is 6.14. The third-order valence-corrected chi connectivity index (χ3v) is 6.14. The lowest BCUT2D eigenvalue weighted by Crippen LogP contribution is -2.43. The lowest BCUT2D eigenvalue weighted by molar-refractivity contribution is -0.153. The predicted octanol–water partition coefficient (Wildman–Crippen LogP) is 2.63. The molecule has 0 aromatic heterocycles. The summed E-state index contributed by atoms with van der Waals surface area (Å²) in [5, 5.41) is 19.6. The molecule has 3 aliphatic rings. The molecule has 1 N–H and O–H groups in total. The molecule has 0 radical (unpaired) electrons. The molecule has 5 unspecified atom stereocenters. The number of nitrogens with zero attached hydrogens (tertiary/aromatic N) is 1. The quantitative estimate of drug-likeness (QED) is 0.791. The van der Waals surface area contributed by atoms with E-state index in [1.165, 1.54) is 0 Å². The van der Waals surface area contributed by atoms with Crippen molar-refractivity contribution in [3.8, 4) is 6.07 Å². The molecule has 1 heterocycles. The Labute approximate surface area is 126 Å². The first-order valence-corrected chi connectivity index (χ1v) is 7.92. The molecule has 4 heteroatoms. The van der Waals surface area contributed by atoms with E-state index < -0.39 is 11.7 Å². The van der Waals surface area contributed by atoms with Gasteiger partial charge in [-0.25, -0.2) is 0 Å². The maximum atomic E-state index is 10.1. The minimum Gasteiger partial charge on any atom is -0.367 e. The van der Waals surface area contributed by atoms with Crippen molar-refractivity contribution in [1.82, 2.24) is 0 Å². The van der Waals surface area contributed by atoms with E-state index in [4.69, 9.17) is 9.47 Å². The first kappa shape index (κ1) is 15.0. The minimum atomic E-state index is -0.961. The van der Waals surface area contributed by atoms with Crippen LogP contribution in [0.2, 0.25) is 0 Å². The zero-order valence-electron chi connectivity index (χ0n) is 13.1. The second kappa shape index (κ2) is 4.81. The van der Waals surface area contributed by atoms with Crippen LogP contribution in [0.15, 0.2) is 12.7 Å². The standard InChI is InChI=1S/C17H25NO3/c1-5-12(16(3,4)6-2)20-13-10-7-11-14(13)21-15(19)17(11,8-10)9-18/h5,10-15,19H,1,6-8H2,2-4H3/t10?,11?,12-,13?,14?,15-,17?/m0/s1. The van der Waals surface area contributed by atoms with Gasteiger partial charge in [0.15, 0.2) is 6.29 Å². The smallest absolute Gasteiger partial charge is 0.174 e. The normalized spacial score (nSPS) is 45.6. The molecule has 1 saturated heterocycles. The van der Waals surface area contributed by atoms with Crippen molar-refractivity contribution in [1.29, 1.82) is 5.26 Å². The minimum absolute atomic E-state index is 0.0210. The number of fused-ring (bicyclic) bond motifs is 1. The molecule has 1 aliphatic heterocycles. The highest BCUT2D eigenvalue weighted by atomic mass is 16.6. The number of nitriles is 1. The summed E-state index contributed by atoms with van der Waals surface area (Å²) in [6.07, 6.45) is 3.32. The summed E-state index contributed by atoms with van der Waals surface area (Å²) in [6.45, 7) is 10.4. The van der Waals surface area contributed by atoms with Gasteiger partial charge in [-0.3, -0.25) is 0 Å². The fourth-order valence-corrected chi connectivity index (χ4v) is 4.41. The highest BCUT2D eigenvalue weighted by Gasteiger charge is 2.70. The second-order valence-corrected chi connectivity index (χ2v) is 7.51. The first-order valence-electron chi connectivity index (χ1n) is 7.92. The number of hydrogen-bond donors (Lipinski definition) is 1. The molecule has 0 amide bonds. The molecular weight excluding hydrogens is 266 g/mol. The summed E-state index contributed by atoms with van der Waals surface area (Å²) in [7, 11) is 0. The number of ether oxygens (including phenoxy) is 2. The zero-order valence-corrected chi connectivity index (χ0v) is 13.1. The fraction of sp³-hybridized carbons (Fsp3) is 0.824. The van der Waals surface area contributed by atoms with Crippen LogP contribution in [0.3, 0.4) is 0 Å². The number of aliphatic hydroxyl groups is 1. The molecule has 0 spiro atoms. The molecule has 4 nitrogen and oxygen atoms in total. The van der Waals surface area contributed by atoms with Gasteiger partial charge >= 0.3 is 0 Å². The maximum Gasteiger partial charge on any atom is 0.174 e. The Morgan fingerprint density at radius 2 is 2.33 bits per heavy atom. The molecule has 3 fully saturated rings. The Kier molecular flexibility index (Phi) is 3.44. The van der Waals surface area contributed by atoms with Crippen molar-refractivity contribution in [3.05, 3.63) is 12.7 Å². The highest BCUT2D eigenvalue weighted by molar-refractivity contribution is 5.22. The van der Waals surface area contributed by atoms with Gasteiger partial charge in [0, 0.05) is 5.92 Å². The Morgan fingerprint density at radius 1 is 1.62 bits per heavy atom. The number of rotatable bonds is 5. The fourth-order valence-electron chi connectivity index (χ4n) is 4.41. The van der Waals surface area contributed by atoms with Crippen molar-refractivity contribution in [2.24, 2.45) is 22.7 Å². The van der Waals surface area contributed by atoms with Crippen LogP contribution in [0.5, 0.6) is 0 Å². The summed E-state index contributed by atoms with van der Waals surface area (Å²) < 4.78 is 12.1. The van der Waals surface area contributed by atoms with Crippen molar-refractivity contribution in [3.63, 3.8) is 0 Å². The summed E-state index contributed by atoms with van der Waals surface area (Å²) in [6, 6.07) is 2.33. The molecule has 3 rings (SSSR count). The maximum absolute atomic E-state index is 10.1. The molecule has 21 heavy (non-hydrogen) atoms. The third kappa shape index (κ3) is 1.91. The molecule has 116 valence electrons. The zero-order chi connectivity index (χ0) is 15.4. The highest BCUT2D eigenvalue weighted by Crippen LogP contribution is 2.64. The van der Waals surface area contributed by atoms with E-state index in [1.54, 1.807) is 0 Å². The van der Waals surface area contributed by atoms with Crippen LogP contribution in [-0.2, 0) is 9.47 Å². The van der Waals surface area contributed by atoms with Crippen molar-refractivity contribution in [2.45, 2.75) is 64.6 Å².